The third kappa shape index (κ3) is 23.2. The Labute approximate surface area is 458 Å². The third-order valence-electron chi connectivity index (χ3n) is 12.0. The van der Waals surface area contributed by atoms with E-state index >= 15 is 0 Å². The van der Waals surface area contributed by atoms with Crippen LogP contribution in [0.2, 0.25) is 0 Å². The molecule has 0 aromatic heterocycles. The fraction of sp³-hybridized carbons (Fsp3) is 0.467. The summed E-state index contributed by atoms with van der Waals surface area (Å²) in [6, 6.07) is 30.9. The SMILES string of the molecule is O=C(CCOCCOCCOCCOCCOCCOCCOCCOCCOCCOCCC(=O)NCCC(=O)N1Cc2ccccc2C#Cc2ccccc21)NCCC(=O)N1Cc2ccccc2C#Cc2ccccc21. The lowest BCUT2D eigenvalue weighted by atomic mass is 10.0. The summed E-state index contributed by atoms with van der Waals surface area (Å²) >= 11 is 0. The van der Waals surface area contributed by atoms with Crippen LogP contribution in [0.25, 0.3) is 0 Å². The first-order chi connectivity index (χ1) is 38.5. The Morgan fingerprint density at radius 2 is 0.590 bits per heavy atom. The average molecular weight is 1080 g/mol. The van der Waals surface area contributed by atoms with Crippen molar-refractivity contribution in [2.75, 3.05) is 155 Å². The highest BCUT2D eigenvalue weighted by molar-refractivity contribution is 5.96. The molecule has 2 N–H and O–H groups in total. The number of rotatable bonds is 39. The lowest BCUT2D eigenvalue weighted by Gasteiger charge is -2.26. The molecule has 0 radical (unpaired) electrons. The largest absolute Gasteiger partial charge is 0.379 e. The van der Waals surface area contributed by atoms with Gasteiger partial charge in [-0.05, 0) is 47.5 Å². The summed E-state index contributed by atoms with van der Waals surface area (Å²) in [4.78, 5) is 54.9. The van der Waals surface area contributed by atoms with Crippen molar-refractivity contribution in [2.45, 2.75) is 38.8 Å². The molecule has 0 unspecified atom stereocenters. The van der Waals surface area contributed by atoms with Crippen LogP contribution >= 0.6 is 0 Å². The Hall–Kier alpha value is -6.52. The van der Waals surface area contributed by atoms with Crippen LogP contribution in [-0.4, -0.2) is 169 Å². The van der Waals surface area contributed by atoms with Crippen molar-refractivity contribution in [3.63, 3.8) is 0 Å². The topological polar surface area (TPSA) is 191 Å². The van der Waals surface area contributed by atoms with Gasteiger partial charge in [-0.2, -0.15) is 0 Å². The number of carbonyl (C=O) groups is 4. The predicted octanol–water partition coefficient (Wildman–Crippen LogP) is 4.84. The molecule has 0 saturated carbocycles. The van der Waals surface area contributed by atoms with Gasteiger partial charge in [0.2, 0.25) is 23.6 Å². The van der Waals surface area contributed by atoms with E-state index in [-0.39, 0.29) is 75.6 Å². The Morgan fingerprint density at radius 1 is 0.333 bits per heavy atom. The summed E-state index contributed by atoms with van der Waals surface area (Å²) in [5.74, 6) is 12.3. The molecule has 18 heteroatoms. The number of carbonyl (C=O) groups excluding carboxylic acids is 4. The molecule has 2 aliphatic rings. The minimum Gasteiger partial charge on any atom is -0.379 e. The minimum atomic E-state index is -0.180. The first-order valence-electron chi connectivity index (χ1n) is 26.8. The van der Waals surface area contributed by atoms with Crippen LogP contribution in [0.4, 0.5) is 11.4 Å². The van der Waals surface area contributed by atoms with Crippen molar-refractivity contribution >= 4 is 35.0 Å². The molecule has 0 aliphatic carbocycles. The summed E-state index contributed by atoms with van der Waals surface area (Å²) in [6.45, 7) is 9.42. The number of hydrogen-bond acceptors (Lipinski definition) is 14. The van der Waals surface area contributed by atoms with Gasteiger partial charge < -0.3 is 67.8 Å². The smallest absolute Gasteiger partial charge is 0.229 e. The minimum absolute atomic E-state index is 0.0891. The van der Waals surface area contributed by atoms with E-state index in [0.717, 1.165) is 44.8 Å². The average Bonchev–Trinajstić information content (AvgIpc) is 3.48. The highest BCUT2D eigenvalue weighted by atomic mass is 16.6. The standard InChI is InChI=1S/C60H74N4O14/c65-57(61-25-21-59(67)63-47-53-13-3-1-9-49(53)17-19-51-11-5-7-15-55(51)63)23-27-69-29-31-71-33-35-73-37-39-75-41-43-77-45-46-78-44-42-76-40-38-74-36-34-72-32-30-70-28-24-58(66)62-26-22-60(68)64-48-54-14-4-2-10-50(54)18-20-52-12-6-8-16-56(52)64/h1-16H,21-48H2,(H,61,65)(H,62,66). The summed E-state index contributed by atoms with van der Waals surface area (Å²) in [6.07, 6.45) is 0.699. The van der Waals surface area contributed by atoms with Crippen molar-refractivity contribution in [1.29, 1.82) is 0 Å². The first kappa shape index (κ1) is 60.7. The van der Waals surface area contributed by atoms with Crippen LogP contribution in [0, 0.1) is 23.7 Å². The lowest BCUT2D eigenvalue weighted by molar-refractivity contribution is -0.124. The molecule has 4 amide bonds. The molecule has 0 fully saturated rings. The number of amides is 4. The number of nitrogens with zero attached hydrogens (tertiary/aromatic N) is 2. The van der Waals surface area contributed by atoms with E-state index in [0.29, 0.717) is 132 Å². The van der Waals surface area contributed by atoms with Gasteiger partial charge in [0.15, 0.2) is 0 Å². The Balaban J connectivity index is 0.614. The molecule has 6 rings (SSSR count). The summed E-state index contributed by atoms with van der Waals surface area (Å²) in [7, 11) is 0. The second-order valence-electron chi connectivity index (χ2n) is 17.6. The number of ether oxygens (including phenoxy) is 10. The summed E-state index contributed by atoms with van der Waals surface area (Å²) in [5, 5.41) is 5.65. The van der Waals surface area contributed by atoms with Gasteiger partial charge in [-0.1, -0.05) is 84.3 Å². The van der Waals surface area contributed by atoms with E-state index in [4.69, 9.17) is 47.4 Å². The van der Waals surface area contributed by atoms with E-state index in [2.05, 4.69) is 34.3 Å². The van der Waals surface area contributed by atoms with Crippen LogP contribution < -0.4 is 20.4 Å². The normalized spacial score (nSPS) is 12.2. The number of para-hydroxylation sites is 2. The fourth-order valence-corrected chi connectivity index (χ4v) is 7.89. The van der Waals surface area contributed by atoms with E-state index in [1.54, 1.807) is 9.80 Å². The molecule has 418 valence electrons. The van der Waals surface area contributed by atoms with E-state index in [1.165, 1.54) is 0 Å². The molecular weight excluding hydrogens is 1000 g/mol. The number of nitrogens with one attached hydrogen (secondary N) is 2. The zero-order valence-corrected chi connectivity index (χ0v) is 44.6. The second-order valence-corrected chi connectivity index (χ2v) is 17.6. The maximum atomic E-state index is 13.3. The van der Waals surface area contributed by atoms with Crippen LogP contribution in [0.3, 0.4) is 0 Å². The first-order valence-corrected chi connectivity index (χ1v) is 26.8. The number of hydrogen-bond donors (Lipinski definition) is 2. The molecule has 4 aromatic carbocycles. The Kier molecular flexibility index (Phi) is 29.0. The van der Waals surface area contributed by atoms with Crippen molar-refractivity contribution in [3.8, 4) is 23.7 Å². The highest BCUT2D eigenvalue weighted by Crippen LogP contribution is 2.27. The van der Waals surface area contributed by atoms with Crippen molar-refractivity contribution in [3.05, 3.63) is 130 Å². The van der Waals surface area contributed by atoms with Crippen molar-refractivity contribution < 1.29 is 66.5 Å². The van der Waals surface area contributed by atoms with E-state index < -0.39 is 0 Å². The fourth-order valence-electron chi connectivity index (χ4n) is 7.89. The van der Waals surface area contributed by atoms with E-state index in [9.17, 15) is 19.2 Å². The van der Waals surface area contributed by atoms with Gasteiger partial charge in [-0.3, -0.25) is 19.2 Å². The molecule has 2 aliphatic heterocycles. The maximum Gasteiger partial charge on any atom is 0.229 e. The van der Waals surface area contributed by atoms with Gasteiger partial charge in [-0.15, -0.1) is 0 Å². The predicted molar refractivity (Wildman–Crippen MR) is 293 cm³/mol. The summed E-state index contributed by atoms with van der Waals surface area (Å²) in [5.41, 5.74) is 6.88. The van der Waals surface area contributed by atoms with Gasteiger partial charge in [0.1, 0.15) is 0 Å². The van der Waals surface area contributed by atoms with Crippen LogP contribution in [0.15, 0.2) is 97.1 Å². The third-order valence-corrected chi connectivity index (χ3v) is 12.0. The van der Waals surface area contributed by atoms with Gasteiger partial charge in [0.25, 0.3) is 0 Å². The second kappa shape index (κ2) is 37.3. The molecule has 0 saturated heterocycles. The van der Waals surface area contributed by atoms with Gasteiger partial charge in [-0.25, -0.2) is 0 Å². The lowest BCUT2D eigenvalue weighted by Crippen LogP contribution is -2.35. The molecule has 0 spiro atoms. The van der Waals surface area contributed by atoms with Crippen LogP contribution in [-0.2, 0) is 79.6 Å². The number of anilines is 2. The molecule has 0 atom stereocenters. The van der Waals surface area contributed by atoms with E-state index in [1.807, 2.05) is 97.1 Å². The molecule has 0 bridgehead atoms. The highest BCUT2D eigenvalue weighted by Gasteiger charge is 2.23. The maximum absolute atomic E-state index is 13.3. The molecule has 18 nitrogen and oxygen atoms in total. The monoisotopic (exact) mass is 1070 g/mol. The molecular formula is C60H74N4O14. The summed E-state index contributed by atoms with van der Waals surface area (Å²) < 4.78 is 55.3. The molecule has 78 heavy (non-hydrogen) atoms. The van der Waals surface area contributed by atoms with Crippen molar-refractivity contribution in [2.24, 2.45) is 0 Å². The molecule has 2 heterocycles. The Bertz CT molecular complexity index is 2400. The zero-order valence-electron chi connectivity index (χ0n) is 44.6. The van der Waals surface area contributed by atoms with Gasteiger partial charge in [0.05, 0.1) is 157 Å². The van der Waals surface area contributed by atoms with Crippen LogP contribution in [0.1, 0.15) is 59.1 Å². The zero-order chi connectivity index (χ0) is 54.5. The Morgan fingerprint density at radius 3 is 0.910 bits per heavy atom. The van der Waals surface area contributed by atoms with Crippen LogP contribution in [0.5, 0.6) is 0 Å². The van der Waals surface area contributed by atoms with Gasteiger partial charge in [0, 0.05) is 61.0 Å². The molecule has 4 aromatic rings. The van der Waals surface area contributed by atoms with Gasteiger partial charge >= 0.3 is 0 Å². The quantitative estimate of drug-likeness (QED) is 0.0456. The number of benzene rings is 4. The number of fused-ring (bicyclic) bond motifs is 4. The van der Waals surface area contributed by atoms with Crippen molar-refractivity contribution in [1.82, 2.24) is 10.6 Å².